The van der Waals surface area contributed by atoms with E-state index in [9.17, 15) is 0 Å². The van der Waals surface area contributed by atoms with Crippen LogP contribution in [0.2, 0.25) is 0 Å². The van der Waals surface area contributed by atoms with Crippen molar-refractivity contribution in [3.63, 3.8) is 0 Å². The van der Waals surface area contributed by atoms with Gasteiger partial charge in [-0.15, -0.1) is 0 Å². The molecule has 1 aliphatic heterocycles. The average Bonchev–Trinajstić information content (AvgIpc) is 2.90. The first kappa shape index (κ1) is 13.3. The van der Waals surface area contributed by atoms with Crippen LogP contribution in [0.4, 0.5) is 5.69 Å². The van der Waals surface area contributed by atoms with Gasteiger partial charge in [0.05, 0.1) is 12.3 Å². The Morgan fingerprint density at radius 3 is 2.89 bits per heavy atom. The Bertz CT molecular complexity index is 379. The third-order valence-electron chi connectivity index (χ3n) is 3.82. The Morgan fingerprint density at radius 2 is 2.22 bits per heavy atom. The molecule has 2 rings (SSSR count). The molecule has 0 bridgehead atoms. The van der Waals surface area contributed by atoms with Crippen molar-refractivity contribution in [3.8, 4) is 0 Å². The molecule has 1 aliphatic rings. The number of aliphatic hydroxyl groups is 1. The van der Waals surface area contributed by atoms with Crippen LogP contribution in [-0.2, 0) is 6.61 Å². The number of rotatable bonds is 5. The molecule has 1 aromatic heterocycles. The molecule has 1 aromatic rings. The molecule has 0 saturated carbocycles. The summed E-state index contributed by atoms with van der Waals surface area (Å²) < 4.78 is 0. The molecule has 4 heteroatoms. The number of aromatic nitrogens is 1. The van der Waals surface area contributed by atoms with E-state index in [0.717, 1.165) is 31.9 Å². The van der Waals surface area contributed by atoms with E-state index < -0.39 is 0 Å². The second-order valence-electron chi connectivity index (χ2n) is 4.77. The average molecular weight is 249 g/mol. The highest BCUT2D eigenvalue weighted by atomic mass is 16.3. The first-order valence-corrected chi connectivity index (χ1v) is 6.83. The topological polar surface area (TPSA) is 39.6 Å². The van der Waals surface area contributed by atoms with Crippen molar-refractivity contribution in [2.45, 2.75) is 32.9 Å². The van der Waals surface area contributed by atoms with Gasteiger partial charge in [0.15, 0.2) is 0 Å². The van der Waals surface area contributed by atoms with Crippen LogP contribution >= 0.6 is 0 Å². The first-order chi connectivity index (χ1) is 8.78. The molecule has 0 amide bonds. The Balaban J connectivity index is 2.03. The highest BCUT2D eigenvalue weighted by molar-refractivity contribution is 5.47. The minimum Gasteiger partial charge on any atom is -0.390 e. The third-order valence-corrected chi connectivity index (χ3v) is 3.82. The second kappa shape index (κ2) is 6.16. The monoisotopic (exact) mass is 249 g/mol. The van der Waals surface area contributed by atoms with Gasteiger partial charge in [-0.3, -0.25) is 9.88 Å². The molecule has 4 nitrogen and oxygen atoms in total. The smallest absolute Gasteiger partial charge is 0.0853 e. The van der Waals surface area contributed by atoms with E-state index >= 15 is 0 Å². The van der Waals surface area contributed by atoms with Crippen LogP contribution in [0.1, 0.15) is 26.0 Å². The fraction of sp³-hybridized carbons (Fsp3) is 0.643. The predicted molar refractivity (Wildman–Crippen MR) is 73.7 cm³/mol. The van der Waals surface area contributed by atoms with Crippen molar-refractivity contribution >= 4 is 5.69 Å². The van der Waals surface area contributed by atoms with Crippen molar-refractivity contribution in [2.75, 3.05) is 31.1 Å². The van der Waals surface area contributed by atoms with E-state index in [1.807, 2.05) is 12.1 Å². The van der Waals surface area contributed by atoms with Gasteiger partial charge >= 0.3 is 0 Å². The van der Waals surface area contributed by atoms with Crippen molar-refractivity contribution in [3.05, 3.63) is 24.0 Å². The maximum Gasteiger partial charge on any atom is 0.0853 e. The lowest BCUT2D eigenvalue weighted by Gasteiger charge is -2.26. The largest absolute Gasteiger partial charge is 0.390 e. The molecule has 1 atom stereocenters. The number of likely N-dealkylation sites (N-methyl/N-ethyl adjacent to an activating group) is 1. The number of hydrogen-bond donors (Lipinski definition) is 1. The summed E-state index contributed by atoms with van der Waals surface area (Å²) in [5, 5.41) is 9.13. The lowest BCUT2D eigenvalue weighted by Crippen LogP contribution is -2.37. The molecule has 1 saturated heterocycles. The maximum atomic E-state index is 9.13. The van der Waals surface area contributed by atoms with E-state index in [-0.39, 0.29) is 6.61 Å². The van der Waals surface area contributed by atoms with Crippen LogP contribution < -0.4 is 4.90 Å². The number of hydrogen-bond acceptors (Lipinski definition) is 4. The summed E-state index contributed by atoms with van der Waals surface area (Å²) in [6, 6.07) is 4.68. The summed E-state index contributed by atoms with van der Waals surface area (Å²) in [5.41, 5.74) is 1.93. The molecule has 2 heterocycles. The number of aliphatic hydroxyl groups excluding tert-OH is 1. The SMILES string of the molecule is CCN(CC)C1CCN(c2ccnc(CO)c2)C1. The minimum absolute atomic E-state index is 0.0150. The second-order valence-corrected chi connectivity index (χ2v) is 4.77. The van der Waals surface area contributed by atoms with Gasteiger partial charge in [-0.2, -0.15) is 0 Å². The molecule has 0 aliphatic carbocycles. The van der Waals surface area contributed by atoms with Crippen LogP contribution in [-0.4, -0.2) is 47.2 Å². The molecule has 0 aromatic carbocycles. The van der Waals surface area contributed by atoms with Crippen molar-refractivity contribution < 1.29 is 5.11 Å². The zero-order valence-corrected chi connectivity index (χ0v) is 11.3. The zero-order valence-electron chi connectivity index (χ0n) is 11.3. The minimum atomic E-state index is 0.0150. The standard InChI is InChI=1S/C14H23N3O/c1-3-16(4-2)14-6-8-17(10-14)13-5-7-15-12(9-13)11-18/h5,7,9,14,18H,3-4,6,8,10-11H2,1-2H3. The Morgan fingerprint density at radius 1 is 1.44 bits per heavy atom. The van der Waals surface area contributed by atoms with E-state index in [4.69, 9.17) is 5.11 Å². The normalized spacial score (nSPS) is 19.8. The molecule has 18 heavy (non-hydrogen) atoms. The molecule has 1 unspecified atom stereocenters. The van der Waals surface area contributed by atoms with E-state index in [2.05, 4.69) is 28.6 Å². The highest BCUT2D eigenvalue weighted by Crippen LogP contribution is 2.23. The summed E-state index contributed by atoms with van der Waals surface area (Å²) in [6.45, 7) is 8.87. The van der Waals surface area contributed by atoms with Crippen molar-refractivity contribution in [1.29, 1.82) is 0 Å². The zero-order chi connectivity index (χ0) is 13.0. The van der Waals surface area contributed by atoms with Crippen LogP contribution in [0.15, 0.2) is 18.3 Å². The van der Waals surface area contributed by atoms with E-state index in [1.165, 1.54) is 12.1 Å². The molecule has 1 N–H and O–H groups in total. The molecule has 0 spiro atoms. The van der Waals surface area contributed by atoms with Crippen LogP contribution in [0.3, 0.4) is 0 Å². The Hall–Kier alpha value is -1.13. The Labute approximate surface area is 109 Å². The lowest BCUT2D eigenvalue weighted by molar-refractivity contribution is 0.232. The van der Waals surface area contributed by atoms with Crippen LogP contribution in [0.5, 0.6) is 0 Å². The van der Waals surface area contributed by atoms with Gasteiger partial charge in [0, 0.05) is 31.0 Å². The van der Waals surface area contributed by atoms with Crippen LogP contribution in [0.25, 0.3) is 0 Å². The maximum absolute atomic E-state index is 9.13. The molecule has 0 radical (unpaired) electrons. The molecule has 1 fully saturated rings. The molecular weight excluding hydrogens is 226 g/mol. The number of anilines is 1. The summed E-state index contributed by atoms with van der Waals surface area (Å²) >= 11 is 0. The van der Waals surface area contributed by atoms with Gasteiger partial charge < -0.3 is 10.0 Å². The van der Waals surface area contributed by atoms with Gasteiger partial charge in [0.2, 0.25) is 0 Å². The van der Waals surface area contributed by atoms with Gasteiger partial charge in [-0.05, 0) is 31.6 Å². The summed E-state index contributed by atoms with van der Waals surface area (Å²) in [6.07, 6.45) is 3.00. The van der Waals surface area contributed by atoms with Gasteiger partial charge in [-0.1, -0.05) is 13.8 Å². The van der Waals surface area contributed by atoms with Gasteiger partial charge in [0.25, 0.3) is 0 Å². The summed E-state index contributed by atoms with van der Waals surface area (Å²) in [4.78, 5) is 9.04. The lowest BCUT2D eigenvalue weighted by atomic mass is 10.2. The number of pyridine rings is 1. The first-order valence-electron chi connectivity index (χ1n) is 6.83. The summed E-state index contributed by atoms with van der Waals surface area (Å²) in [5.74, 6) is 0. The van der Waals surface area contributed by atoms with Crippen molar-refractivity contribution in [1.82, 2.24) is 9.88 Å². The molecule has 100 valence electrons. The van der Waals surface area contributed by atoms with E-state index in [0.29, 0.717) is 6.04 Å². The fourth-order valence-electron chi connectivity index (χ4n) is 2.76. The highest BCUT2D eigenvalue weighted by Gasteiger charge is 2.26. The van der Waals surface area contributed by atoms with Gasteiger partial charge in [-0.25, -0.2) is 0 Å². The van der Waals surface area contributed by atoms with Gasteiger partial charge in [0.1, 0.15) is 0 Å². The summed E-state index contributed by atoms with van der Waals surface area (Å²) in [7, 11) is 0. The molecular formula is C14H23N3O. The predicted octanol–water partition coefficient (Wildman–Crippen LogP) is 1.49. The Kier molecular flexibility index (Phi) is 4.55. The van der Waals surface area contributed by atoms with E-state index in [1.54, 1.807) is 6.20 Å². The quantitative estimate of drug-likeness (QED) is 0.858. The third kappa shape index (κ3) is 2.82. The fourth-order valence-corrected chi connectivity index (χ4v) is 2.76. The van der Waals surface area contributed by atoms with Crippen molar-refractivity contribution in [2.24, 2.45) is 0 Å². The van der Waals surface area contributed by atoms with Crippen LogP contribution in [0, 0.1) is 0 Å². The number of nitrogens with zero attached hydrogens (tertiary/aromatic N) is 3.